The number of piperidine rings is 1. The van der Waals surface area contributed by atoms with Crippen LogP contribution in [0.4, 0.5) is 5.69 Å². The highest BCUT2D eigenvalue weighted by Crippen LogP contribution is 2.45. The minimum atomic E-state index is -0.869. The Balaban J connectivity index is 1.84. The molecule has 0 spiro atoms. The number of hydrogen-bond acceptors (Lipinski definition) is 3. The first-order valence-electron chi connectivity index (χ1n) is 8.78. The number of anilines is 1. The smallest absolute Gasteiger partial charge is 0.249 e. The fourth-order valence-corrected chi connectivity index (χ4v) is 4.56. The lowest BCUT2D eigenvalue weighted by Gasteiger charge is -2.43. The van der Waals surface area contributed by atoms with Gasteiger partial charge in [0.1, 0.15) is 5.54 Å². The van der Waals surface area contributed by atoms with Crippen molar-refractivity contribution in [3.8, 4) is 0 Å². The summed E-state index contributed by atoms with van der Waals surface area (Å²) in [7, 11) is 0. The van der Waals surface area contributed by atoms with E-state index in [0.717, 1.165) is 36.2 Å². The van der Waals surface area contributed by atoms with Crippen LogP contribution < -0.4 is 5.32 Å². The summed E-state index contributed by atoms with van der Waals surface area (Å²) in [6.45, 7) is 1.23. The van der Waals surface area contributed by atoms with Crippen molar-refractivity contribution in [2.75, 3.05) is 18.4 Å². The maximum absolute atomic E-state index is 13.2. The van der Waals surface area contributed by atoms with Gasteiger partial charge in [0.25, 0.3) is 0 Å². The second-order valence-electron chi connectivity index (χ2n) is 7.05. The lowest BCUT2D eigenvalue weighted by molar-refractivity contribution is -0.130. The molecule has 2 heterocycles. The van der Waals surface area contributed by atoms with Crippen LogP contribution in [0, 0.1) is 0 Å². The van der Waals surface area contributed by atoms with Crippen molar-refractivity contribution < 1.29 is 9.90 Å². The highest BCUT2D eigenvalue weighted by molar-refractivity contribution is 6.31. The van der Waals surface area contributed by atoms with E-state index >= 15 is 0 Å². The van der Waals surface area contributed by atoms with Crippen molar-refractivity contribution in [1.29, 1.82) is 0 Å². The Bertz CT molecular complexity index is 857. The molecule has 6 heteroatoms. The van der Waals surface area contributed by atoms with E-state index in [9.17, 15) is 9.90 Å². The Labute approximate surface area is 162 Å². The number of fused-ring (bicyclic) bond motifs is 1. The molecule has 4 rings (SSSR count). The van der Waals surface area contributed by atoms with E-state index in [1.807, 2.05) is 36.4 Å². The summed E-state index contributed by atoms with van der Waals surface area (Å²) < 4.78 is 0. The Morgan fingerprint density at radius 3 is 2.77 bits per heavy atom. The summed E-state index contributed by atoms with van der Waals surface area (Å²) in [5.74, 6) is -0.0798. The Morgan fingerprint density at radius 1 is 1.19 bits per heavy atom. The average molecular weight is 391 g/mol. The van der Waals surface area contributed by atoms with E-state index < -0.39 is 11.6 Å². The van der Waals surface area contributed by atoms with Crippen LogP contribution in [0.5, 0.6) is 0 Å². The molecule has 2 atom stereocenters. The third kappa shape index (κ3) is 3.01. The number of likely N-dealkylation sites (tertiary alicyclic amines) is 1. The number of aliphatic hydroxyl groups is 1. The normalized spacial score (nSPS) is 25.8. The first kappa shape index (κ1) is 17.8. The summed E-state index contributed by atoms with van der Waals surface area (Å²) in [5, 5.41) is 14.5. The van der Waals surface area contributed by atoms with Crippen LogP contribution in [-0.4, -0.2) is 35.1 Å². The molecule has 2 aromatic carbocycles. The molecule has 26 heavy (non-hydrogen) atoms. The number of amides is 1. The maximum atomic E-state index is 13.2. The SMILES string of the molecule is O=C1Nc2cc(Cl)ccc2[C@@]1(Cc1cccc(Cl)c1)N1CCC[C@H](O)C1. The number of hydrogen-bond donors (Lipinski definition) is 2. The summed E-state index contributed by atoms with van der Waals surface area (Å²) in [5.41, 5.74) is 1.76. The minimum absolute atomic E-state index is 0.0798. The zero-order valence-electron chi connectivity index (χ0n) is 14.2. The van der Waals surface area contributed by atoms with Gasteiger partial charge in [-0.2, -0.15) is 0 Å². The van der Waals surface area contributed by atoms with Crippen molar-refractivity contribution in [2.24, 2.45) is 0 Å². The predicted molar refractivity (Wildman–Crippen MR) is 104 cm³/mol. The monoisotopic (exact) mass is 390 g/mol. The molecule has 2 N–H and O–H groups in total. The van der Waals surface area contributed by atoms with Crippen LogP contribution in [-0.2, 0) is 16.8 Å². The zero-order valence-corrected chi connectivity index (χ0v) is 15.7. The van der Waals surface area contributed by atoms with Gasteiger partial charge in [-0.05, 0) is 49.2 Å². The van der Waals surface area contributed by atoms with Crippen molar-refractivity contribution in [3.05, 3.63) is 63.6 Å². The van der Waals surface area contributed by atoms with Gasteiger partial charge in [0.05, 0.1) is 6.10 Å². The van der Waals surface area contributed by atoms with Gasteiger partial charge in [-0.1, -0.05) is 41.4 Å². The molecule has 0 saturated carbocycles. The van der Waals surface area contributed by atoms with Gasteiger partial charge in [-0.25, -0.2) is 0 Å². The number of carbonyl (C=O) groups is 1. The van der Waals surface area contributed by atoms with Gasteiger partial charge in [0, 0.05) is 34.3 Å². The van der Waals surface area contributed by atoms with Crippen LogP contribution >= 0.6 is 23.2 Å². The number of β-amino-alcohol motifs (C(OH)–C–C–N with tert-alkyl or cyclic N) is 1. The van der Waals surface area contributed by atoms with Gasteiger partial charge < -0.3 is 10.4 Å². The van der Waals surface area contributed by atoms with Crippen molar-refractivity contribution in [3.63, 3.8) is 0 Å². The summed E-state index contributed by atoms with van der Waals surface area (Å²) >= 11 is 12.3. The second-order valence-corrected chi connectivity index (χ2v) is 7.93. The van der Waals surface area contributed by atoms with E-state index in [4.69, 9.17) is 23.2 Å². The number of nitrogens with zero attached hydrogens (tertiary/aromatic N) is 1. The minimum Gasteiger partial charge on any atom is -0.392 e. The number of halogens is 2. The molecule has 1 fully saturated rings. The predicted octanol–water partition coefficient (Wildman–Crippen LogP) is 3.84. The van der Waals surface area contributed by atoms with Crippen LogP contribution in [0.2, 0.25) is 10.0 Å². The fourth-order valence-electron chi connectivity index (χ4n) is 4.17. The van der Waals surface area contributed by atoms with Crippen molar-refractivity contribution in [2.45, 2.75) is 30.9 Å². The molecule has 136 valence electrons. The molecule has 0 unspecified atom stereocenters. The highest BCUT2D eigenvalue weighted by atomic mass is 35.5. The van der Waals surface area contributed by atoms with Crippen molar-refractivity contribution >= 4 is 34.8 Å². The fraction of sp³-hybridized carbons (Fsp3) is 0.350. The molecule has 1 saturated heterocycles. The van der Waals surface area contributed by atoms with Gasteiger partial charge in [0.15, 0.2) is 0 Å². The third-order valence-electron chi connectivity index (χ3n) is 5.34. The number of rotatable bonds is 3. The summed E-state index contributed by atoms with van der Waals surface area (Å²) in [4.78, 5) is 15.4. The molecular weight excluding hydrogens is 371 g/mol. The summed E-state index contributed by atoms with van der Waals surface area (Å²) in [6, 6.07) is 13.1. The van der Waals surface area contributed by atoms with Gasteiger partial charge in [0.2, 0.25) is 5.91 Å². The van der Waals surface area contributed by atoms with Crippen molar-refractivity contribution in [1.82, 2.24) is 4.90 Å². The van der Waals surface area contributed by atoms with Gasteiger partial charge in [-0.15, -0.1) is 0 Å². The van der Waals surface area contributed by atoms with Gasteiger partial charge >= 0.3 is 0 Å². The van der Waals surface area contributed by atoms with E-state index in [2.05, 4.69) is 10.2 Å². The first-order chi connectivity index (χ1) is 12.5. The van der Waals surface area contributed by atoms with E-state index in [1.54, 1.807) is 6.07 Å². The molecule has 2 aliphatic rings. The quantitative estimate of drug-likeness (QED) is 0.836. The average Bonchev–Trinajstić information content (AvgIpc) is 2.87. The molecule has 4 nitrogen and oxygen atoms in total. The molecule has 0 radical (unpaired) electrons. The lowest BCUT2D eigenvalue weighted by Crippen LogP contribution is -2.56. The molecule has 0 aromatic heterocycles. The van der Waals surface area contributed by atoms with E-state index in [0.29, 0.717) is 23.0 Å². The van der Waals surface area contributed by atoms with Crippen LogP contribution in [0.15, 0.2) is 42.5 Å². The Hall–Kier alpha value is -1.59. The molecule has 1 amide bonds. The number of nitrogens with one attached hydrogen (secondary N) is 1. The Kier molecular flexibility index (Phi) is 4.70. The lowest BCUT2D eigenvalue weighted by atomic mass is 9.81. The van der Waals surface area contributed by atoms with Crippen LogP contribution in [0.3, 0.4) is 0 Å². The third-order valence-corrected chi connectivity index (χ3v) is 5.81. The number of aliphatic hydroxyl groups excluding tert-OH is 1. The standard InChI is InChI=1S/C20H20Cl2N2O2/c21-14-4-1-3-13(9-14)11-20(24-8-2-5-16(25)12-24)17-7-6-15(22)10-18(17)23-19(20)26/h1,3-4,6-7,9-10,16,25H,2,5,8,11-12H2,(H,23,26)/t16-,20+/m0/s1. The highest BCUT2D eigenvalue weighted by Gasteiger charge is 2.52. The largest absolute Gasteiger partial charge is 0.392 e. The molecule has 0 bridgehead atoms. The van der Waals surface area contributed by atoms with E-state index in [-0.39, 0.29) is 5.91 Å². The topological polar surface area (TPSA) is 52.6 Å². The second kappa shape index (κ2) is 6.86. The van der Waals surface area contributed by atoms with Crippen LogP contribution in [0.25, 0.3) is 0 Å². The van der Waals surface area contributed by atoms with Gasteiger partial charge in [-0.3, -0.25) is 9.69 Å². The molecular formula is C20H20Cl2N2O2. The van der Waals surface area contributed by atoms with E-state index in [1.165, 1.54) is 0 Å². The summed E-state index contributed by atoms with van der Waals surface area (Å²) in [6.07, 6.45) is 1.68. The zero-order chi connectivity index (χ0) is 18.3. The molecule has 2 aromatic rings. The van der Waals surface area contributed by atoms with Crippen LogP contribution in [0.1, 0.15) is 24.0 Å². The number of benzene rings is 2. The maximum Gasteiger partial charge on any atom is 0.249 e. The molecule has 2 aliphatic heterocycles. The first-order valence-corrected chi connectivity index (χ1v) is 9.54. The Morgan fingerprint density at radius 2 is 2.00 bits per heavy atom. The molecule has 0 aliphatic carbocycles. The number of carbonyl (C=O) groups excluding carboxylic acids is 1.